The van der Waals surface area contributed by atoms with Gasteiger partial charge in [-0.2, -0.15) is 5.10 Å². The molecule has 1 amide bonds. The highest BCUT2D eigenvalue weighted by Crippen LogP contribution is 2.16. The predicted molar refractivity (Wildman–Crippen MR) is 86.3 cm³/mol. The van der Waals surface area contributed by atoms with Crippen LogP contribution in [-0.4, -0.2) is 32.2 Å². The van der Waals surface area contributed by atoms with E-state index < -0.39 is 0 Å². The van der Waals surface area contributed by atoms with Crippen molar-refractivity contribution in [2.24, 2.45) is 7.05 Å². The first-order chi connectivity index (χ1) is 11.0. The molecule has 0 aliphatic heterocycles. The van der Waals surface area contributed by atoms with E-state index in [4.69, 9.17) is 0 Å². The van der Waals surface area contributed by atoms with Gasteiger partial charge in [0.25, 0.3) is 11.5 Å². The van der Waals surface area contributed by atoms with Crippen molar-refractivity contribution in [1.82, 2.24) is 25.1 Å². The van der Waals surface area contributed by atoms with Crippen molar-refractivity contribution in [3.63, 3.8) is 0 Å². The molecule has 0 unspecified atom stereocenters. The van der Waals surface area contributed by atoms with Crippen molar-refractivity contribution in [2.75, 3.05) is 6.54 Å². The molecule has 1 aromatic carbocycles. The highest BCUT2D eigenvalue weighted by atomic mass is 16.2. The fourth-order valence-electron chi connectivity index (χ4n) is 2.40. The molecule has 2 N–H and O–H groups in total. The average molecular weight is 311 g/mol. The van der Waals surface area contributed by atoms with Crippen LogP contribution in [0.3, 0.4) is 0 Å². The number of hydrogen-bond donors (Lipinski definition) is 2. The Labute approximate surface area is 132 Å². The Morgan fingerprint density at radius 2 is 2.13 bits per heavy atom. The number of aryl methyl sites for hydroxylation is 2. The van der Waals surface area contributed by atoms with E-state index >= 15 is 0 Å². The van der Waals surface area contributed by atoms with Crippen LogP contribution in [-0.2, 0) is 13.5 Å². The van der Waals surface area contributed by atoms with Crippen molar-refractivity contribution in [1.29, 1.82) is 0 Å². The Morgan fingerprint density at radius 3 is 2.87 bits per heavy atom. The number of nitrogens with zero attached hydrogens (tertiary/aromatic N) is 3. The largest absolute Gasteiger partial charge is 0.350 e. The van der Waals surface area contributed by atoms with Crippen LogP contribution in [0.5, 0.6) is 0 Å². The lowest BCUT2D eigenvalue weighted by molar-refractivity contribution is 0.0948. The molecule has 2 heterocycles. The van der Waals surface area contributed by atoms with E-state index in [0.717, 1.165) is 22.4 Å². The molecule has 2 aromatic heterocycles. The van der Waals surface area contributed by atoms with Gasteiger partial charge in [0.2, 0.25) is 0 Å². The molecular weight excluding hydrogens is 294 g/mol. The molecule has 0 spiro atoms. The lowest BCUT2D eigenvalue weighted by Crippen LogP contribution is -2.27. The zero-order chi connectivity index (χ0) is 16.4. The topological polar surface area (TPSA) is 92.7 Å². The maximum absolute atomic E-state index is 11.9. The number of H-pyrrole nitrogens is 1. The number of benzene rings is 1. The molecule has 0 saturated carbocycles. The highest BCUT2D eigenvalue weighted by molar-refractivity contribution is 5.91. The Balaban J connectivity index is 1.63. The molecule has 0 aliphatic carbocycles. The van der Waals surface area contributed by atoms with Crippen molar-refractivity contribution in [3.8, 4) is 0 Å². The molecule has 7 nitrogen and oxygen atoms in total. The quantitative estimate of drug-likeness (QED) is 0.750. The Morgan fingerprint density at radius 1 is 1.30 bits per heavy atom. The van der Waals surface area contributed by atoms with Gasteiger partial charge in [-0.15, -0.1) is 0 Å². The first-order valence-electron chi connectivity index (χ1n) is 7.30. The monoisotopic (exact) mass is 311 g/mol. The van der Waals surface area contributed by atoms with Crippen LogP contribution < -0.4 is 10.9 Å². The third kappa shape index (κ3) is 3.13. The smallest absolute Gasteiger partial charge is 0.271 e. The third-order valence-corrected chi connectivity index (χ3v) is 3.78. The SMILES string of the molecule is Cc1nc2cc(CCNC(=O)c3ccc(=O)[nH]n3)ccc2n1C. The average Bonchev–Trinajstić information content (AvgIpc) is 2.82. The van der Waals surface area contributed by atoms with Gasteiger partial charge in [0, 0.05) is 19.7 Å². The maximum atomic E-state index is 11.9. The lowest BCUT2D eigenvalue weighted by Gasteiger charge is -2.05. The van der Waals surface area contributed by atoms with E-state index in [2.05, 4.69) is 20.5 Å². The van der Waals surface area contributed by atoms with E-state index in [-0.39, 0.29) is 17.2 Å². The fraction of sp³-hybridized carbons (Fsp3) is 0.250. The van der Waals surface area contributed by atoms with Crippen LogP contribution in [0, 0.1) is 6.92 Å². The summed E-state index contributed by atoms with van der Waals surface area (Å²) in [5.74, 6) is 0.658. The number of amides is 1. The summed E-state index contributed by atoms with van der Waals surface area (Å²) in [5.41, 5.74) is 3.01. The predicted octanol–water partition coefficient (Wildman–Crippen LogP) is 0.938. The minimum Gasteiger partial charge on any atom is -0.350 e. The molecule has 3 aromatic rings. The Hall–Kier alpha value is -2.96. The standard InChI is InChI=1S/C16H17N5O2/c1-10-18-13-9-11(3-5-14(13)21(10)2)7-8-17-16(23)12-4-6-15(22)20-19-12/h3-6,9H,7-8H2,1-2H3,(H,17,23)(H,20,22). The molecule has 7 heteroatoms. The minimum atomic E-state index is -0.333. The van der Waals surface area contributed by atoms with Crippen LogP contribution >= 0.6 is 0 Å². The molecule has 0 atom stereocenters. The number of hydrogen-bond acceptors (Lipinski definition) is 4. The van der Waals surface area contributed by atoms with Crippen LogP contribution in [0.1, 0.15) is 21.9 Å². The second kappa shape index (κ2) is 6.04. The molecule has 0 bridgehead atoms. The zero-order valence-electron chi connectivity index (χ0n) is 13.0. The normalized spacial score (nSPS) is 10.9. The Bertz CT molecular complexity index is 905. The first-order valence-corrected chi connectivity index (χ1v) is 7.30. The first kappa shape index (κ1) is 15.0. The minimum absolute atomic E-state index is 0.195. The van der Waals surface area contributed by atoms with Gasteiger partial charge < -0.3 is 9.88 Å². The summed E-state index contributed by atoms with van der Waals surface area (Å²) < 4.78 is 2.04. The number of fused-ring (bicyclic) bond motifs is 1. The molecule has 118 valence electrons. The second-order valence-corrected chi connectivity index (χ2v) is 5.35. The second-order valence-electron chi connectivity index (χ2n) is 5.35. The van der Waals surface area contributed by atoms with Gasteiger partial charge in [-0.3, -0.25) is 9.59 Å². The van der Waals surface area contributed by atoms with Crippen molar-refractivity contribution < 1.29 is 4.79 Å². The van der Waals surface area contributed by atoms with E-state index in [1.165, 1.54) is 12.1 Å². The van der Waals surface area contributed by atoms with Crippen LogP contribution in [0.4, 0.5) is 0 Å². The number of rotatable bonds is 4. The number of carbonyl (C=O) groups is 1. The van der Waals surface area contributed by atoms with Gasteiger partial charge in [-0.25, -0.2) is 10.1 Å². The van der Waals surface area contributed by atoms with Crippen molar-refractivity contribution >= 4 is 16.9 Å². The van der Waals surface area contributed by atoms with E-state index in [1.54, 1.807) is 0 Å². The summed E-state index contributed by atoms with van der Waals surface area (Å²) in [5, 5.41) is 8.72. The van der Waals surface area contributed by atoms with Gasteiger partial charge in [0.15, 0.2) is 0 Å². The number of imidazole rings is 1. The van der Waals surface area contributed by atoms with E-state index in [9.17, 15) is 9.59 Å². The molecule has 3 rings (SSSR count). The maximum Gasteiger partial charge on any atom is 0.271 e. The van der Waals surface area contributed by atoms with Gasteiger partial charge in [-0.1, -0.05) is 6.07 Å². The van der Waals surface area contributed by atoms with Crippen molar-refractivity contribution in [3.05, 3.63) is 57.8 Å². The summed E-state index contributed by atoms with van der Waals surface area (Å²) >= 11 is 0. The molecule has 0 fully saturated rings. The molecule has 0 saturated heterocycles. The molecule has 0 aliphatic rings. The zero-order valence-corrected chi connectivity index (χ0v) is 13.0. The number of carbonyl (C=O) groups excluding carboxylic acids is 1. The lowest BCUT2D eigenvalue weighted by atomic mass is 10.1. The van der Waals surface area contributed by atoms with Gasteiger partial charge in [-0.05, 0) is 37.1 Å². The van der Waals surface area contributed by atoms with Crippen LogP contribution in [0.25, 0.3) is 11.0 Å². The Kier molecular flexibility index (Phi) is 3.92. The number of nitrogens with one attached hydrogen (secondary N) is 2. The van der Waals surface area contributed by atoms with E-state index in [1.807, 2.05) is 36.7 Å². The molecule has 0 radical (unpaired) electrons. The summed E-state index contributed by atoms with van der Waals surface area (Å²) in [4.78, 5) is 27.3. The van der Waals surface area contributed by atoms with Crippen LogP contribution in [0.2, 0.25) is 0 Å². The van der Waals surface area contributed by atoms with Gasteiger partial charge in [0.1, 0.15) is 11.5 Å². The summed E-state index contributed by atoms with van der Waals surface area (Å²) in [6.07, 6.45) is 0.695. The fourth-order valence-corrected chi connectivity index (χ4v) is 2.40. The number of aromatic nitrogens is 4. The van der Waals surface area contributed by atoms with Crippen molar-refractivity contribution in [2.45, 2.75) is 13.3 Å². The molecular formula is C16H17N5O2. The van der Waals surface area contributed by atoms with E-state index in [0.29, 0.717) is 13.0 Å². The van der Waals surface area contributed by atoms with Gasteiger partial charge >= 0.3 is 0 Å². The third-order valence-electron chi connectivity index (χ3n) is 3.78. The number of aromatic amines is 1. The summed E-state index contributed by atoms with van der Waals surface area (Å²) in [6, 6.07) is 8.78. The summed E-state index contributed by atoms with van der Waals surface area (Å²) in [7, 11) is 1.99. The summed E-state index contributed by atoms with van der Waals surface area (Å²) in [6.45, 7) is 2.45. The molecule has 23 heavy (non-hydrogen) atoms. The van der Waals surface area contributed by atoms with Crippen LogP contribution in [0.15, 0.2) is 35.1 Å². The highest BCUT2D eigenvalue weighted by Gasteiger charge is 2.08. The van der Waals surface area contributed by atoms with Gasteiger partial charge in [0.05, 0.1) is 11.0 Å².